The van der Waals surface area contributed by atoms with Gasteiger partial charge >= 0.3 is 0 Å². The van der Waals surface area contributed by atoms with Crippen LogP contribution in [0, 0.1) is 5.92 Å². The summed E-state index contributed by atoms with van der Waals surface area (Å²) in [6, 6.07) is 21.4. The summed E-state index contributed by atoms with van der Waals surface area (Å²) in [5, 5.41) is 2.16. The van der Waals surface area contributed by atoms with E-state index in [0.29, 0.717) is 12.0 Å². The smallest absolute Gasteiger partial charge is 0.104 e. The van der Waals surface area contributed by atoms with Crippen LogP contribution in [0.3, 0.4) is 0 Å². The molecule has 0 amide bonds. The largest absolute Gasteiger partial charge is 0.290 e. The van der Waals surface area contributed by atoms with Crippen LogP contribution in [0.25, 0.3) is 6.08 Å². The zero-order valence-corrected chi connectivity index (χ0v) is 18.3. The zero-order valence-electron chi connectivity index (χ0n) is 18.3. The maximum Gasteiger partial charge on any atom is 0.104 e. The van der Waals surface area contributed by atoms with Gasteiger partial charge in [0.25, 0.3) is 0 Å². The van der Waals surface area contributed by atoms with Crippen molar-refractivity contribution in [3.63, 3.8) is 0 Å². The van der Waals surface area contributed by atoms with E-state index in [2.05, 4.69) is 105 Å². The molecule has 0 spiro atoms. The van der Waals surface area contributed by atoms with Gasteiger partial charge in [0.1, 0.15) is 6.10 Å². The normalized spacial score (nSPS) is 13.8. The third kappa shape index (κ3) is 8.39. The summed E-state index contributed by atoms with van der Waals surface area (Å²) in [6.07, 6.45) is 10.6. The molecule has 0 aliphatic rings. The van der Waals surface area contributed by atoms with Crippen molar-refractivity contribution in [2.45, 2.75) is 58.6 Å². The van der Waals surface area contributed by atoms with Gasteiger partial charge in [-0.1, -0.05) is 106 Å². The molecule has 0 saturated heterocycles. The van der Waals surface area contributed by atoms with Crippen LogP contribution in [-0.4, -0.2) is 17.6 Å². The number of hydrogen-bond donors (Lipinski definition) is 0. The summed E-state index contributed by atoms with van der Waals surface area (Å²) in [7, 11) is 0. The molecule has 0 aromatic heterocycles. The predicted molar refractivity (Wildman–Crippen MR) is 125 cm³/mol. The molecule has 0 aliphatic carbocycles. The van der Waals surface area contributed by atoms with Gasteiger partial charge in [-0.05, 0) is 36.3 Å². The zero-order chi connectivity index (χ0) is 20.9. The average molecular weight is 392 g/mol. The van der Waals surface area contributed by atoms with Crippen LogP contribution in [0.15, 0.2) is 79.4 Å². The van der Waals surface area contributed by atoms with E-state index in [4.69, 9.17) is 4.84 Å². The second-order valence-corrected chi connectivity index (χ2v) is 8.01. The van der Waals surface area contributed by atoms with E-state index >= 15 is 0 Å². The first-order valence-corrected chi connectivity index (χ1v) is 10.9. The molecule has 2 unspecified atom stereocenters. The molecule has 0 fully saturated rings. The van der Waals surface area contributed by atoms with Crippen LogP contribution in [0.1, 0.15) is 63.7 Å². The molecule has 0 N–H and O–H groups in total. The first kappa shape index (κ1) is 23.1. The van der Waals surface area contributed by atoms with Crippen molar-refractivity contribution in [1.82, 2.24) is 5.06 Å². The highest BCUT2D eigenvalue weighted by Crippen LogP contribution is 2.27. The van der Waals surface area contributed by atoms with E-state index in [-0.39, 0.29) is 6.10 Å². The summed E-state index contributed by atoms with van der Waals surface area (Å²) in [5.41, 5.74) is 2.48. The Hall–Kier alpha value is -2.16. The molecule has 2 heteroatoms. The van der Waals surface area contributed by atoms with Crippen molar-refractivity contribution in [2.75, 3.05) is 6.54 Å². The van der Waals surface area contributed by atoms with Crippen LogP contribution in [-0.2, 0) is 4.84 Å². The molecule has 0 saturated carbocycles. The number of benzene rings is 2. The second kappa shape index (κ2) is 13.1. The second-order valence-electron chi connectivity index (χ2n) is 8.01. The number of hydrogen-bond acceptors (Lipinski definition) is 2. The minimum absolute atomic E-state index is 0.0777. The fourth-order valence-corrected chi connectivity index (χ4v) is 3.58. The van der Waals surface area contributed by atoms with Gasteiger partial charge < -0.3 is 0 Å². The van der Waals surface area contributed by atoms with Crippen molar-refractivity contribution in [2.24, 2.45) is 5.92 Å². The maximum atomic E-state index is 6.61. The lowest BCUT2D eigenvalue weighted by Gasteiger charge is -2.34. The third-order valence-electron chi connectivity index (χ3n) is 4.96. The molecule has 2 atom stereocenters. The standard InChI is InChI=1S/C27H37NO/c1-5-14-27(25-18-11-8-12-19-25)29-28(21-6-2)26(22-23(3)4)20-13-17-24-15-9-7-10-16-24/h6-13,15-19,23,26-27H,2,5,14,20-22H2,1,3-4H3/b17-13-. The van der Waals surface area contributed by atoms with Crippen molar-refractivity contribution >= 4 is 6.08 Å². The van der Waals surface area contributed by atoms with Crippen LogP contribution >= 0.6 is 0 Å². The SMILES string of the molecule is C=CCN(OC(CCC)c1ccccc1)C(C/C=C\c1ccccc1)CC(C)C. The van der Waals surface area contributed by atoms with E-state index in [1.807, 2.05) is 6.08 Å². The maximum absolute atomic E-state index is 6.61. The van der Waals surface area contributed by atoms with E-state index < -0.39 is 0 Å². The fourth-order valence-electron chi connectivity index (χ4n) is 3.58. The molecule has 2 aromatic rings. The lowest BCUT2D eigenvalue weighted by atomic mass is 10.00. The Balaban J connectivity index is 2.15. The molecule has 156 valence electrons. The minimum Gasteiger partial charge on any atom is -0.290 e. The van der Waals surface area contributed by atoms with Crippen LogP contribution in [0.4, 0.5) is 0 Å². The first-order valence-electron chi connectivity index (χ1n) is 10.9. The Kier molecular flexibility index (Phi) is 10.5. The van der Waals surface area contributed by atoms with Crippen molar-refractivity contribution < 1.29 is 4.84 Å². The number of nitrogens with zero attached hydrogens (tertiary/aromatic N) is 1. The molecule has 0 aliphatic heterocycles. The molecular formula is C27H37NO. The van der Waals surface area contributed by atoms with Gasteiger partial charge in [-0.25, -0.2) is 0 Å². The Bertz CT molecular complexity index is 708. The van der Waals surface area contributed by atoms with Gasteiger partial charge in [0.05, 0.1) is 0 Å². The molecule has 2 aromatic carbocycles. The van der Waals surface area contributed by atoms with Crippen LogP contribution in [0.2, 0.25) is 0 Å². The lowest BCUT2D eigenvalue weighted by molar-refractivity contribution is -0.222. The van der Waals surface area contributed by atoms with Gasteiger partial charge in [0.2, 0.25) is 0 Å². The average Bonchev–Trinajstić information content (AvgIpc) is 2.73. The molecule has 0 heterocycles. The molecule has 2 nitrogen and oxygen atoms in total. The topological polar surface area (TPSA) is 12.5 Å². The van der Waals surface area contributed by atoms with Crippen molar-refractivity contribution in [3.05, 3.63) is 90.5 Å². The van der Waals surface area contributed by atoms with Gasteiger partial charge in [0, 0.05) is 12.6 Å². The molecule has 2 rings (SSSR count). The Labute approximate surface area is 177 Å². The first-order chi connectivity index (χ1) is 14.1. The van der Waals surface area contributed by atoms with E-state index in [1.54, 1.807) is 0 Å². The Morgan fingerprint density at radius 2 is 1.66 bits per heavy atom. The van der Waals surface area contributed by atoms with Gasteiger partial charge in [-0.2, -0.15) is 5.06 Å². The summed E-state index contributed by atoms with van der Waals surface area (Å²) in [6.45, 7) is 11.5. The predicted octanol–water partition coefficient (Wildman–Crippen LogP) is 7.47. The quantitative estimate of drug-likeness (QED) is 0.259. The highest BCUT2D eigenvalue weighted by atomic mass is 16.7. The van der Waals surface area contributed by atoms with E-state index in [0.717, 1.165) is 32.2 Å². The highest BCUT2D eigenvalue weighted by Gasteiger charge is 2.23. The number of hydroxylamine groups is 2. The summed E-state index contributed by atoms with van der Waals surface area (Å²) >= 11 is 0. The Morgan fingerprint density at radius 1 is 1.00 bits per heavy atom. The molecule has 0 bridgehead atoms. The van der Waals surface area contributed by atoms with Gasteiger partial charge in [-0.15, -0.1) is 6.58 Å². The molecule has 29 heavy (non-hydrogen) atoms. The summed E-state index contributed by atoms with van der Waals surface area (Å²) in [5.74, 6) is 0.599. The highest BCUT2D eigenvalue weighted by molar-refractivity contribution is 5.48. The molecule has 0 radical (unpaired) electrons. The van der Waals surface area contributed by atoms with Crippen molar-refractivity contribution in [1.29, 1.82) is 0 Å². The summed E-state index contributed by atoms with van der Waals surface area (Å²) < 4.78 is 0. The van der Waals surface area contributed by atoms with Crippen LogP contribution in [0.5, 0.6) is 0 Å². The Morgan fingerprint density at radius 3 is 2.24 bits per heavy atom. The van der Waals surface area contributed by atoms with E-state index in [1.165, 1.54) is 11.1 Å². The van der Waals surface area contributed by atoms with Gasteiger partial charge in [-0.3, -0.25) is 4.84 Å². The van der Waals surface area contributed by atoms with Crippen LogP contribution < -0.4 is 0 Å². The van der Waals surface area contributed by atoms with Crippen molar-refractivity contribution in [3.8, 4) is 0 Å². The summed E-state index contributed by atoms with van der Waals surface area (Å²) in [4.78, 5) is 6.61. The van der Waals surface area contributed by atoms with Gasteiger partial charge in [0.15, 0.2) is 0 Å². The molecular weight excluding hydrogens is 354 g/mol. The minimum atomic E-state index is 0.0777. The lowest BCUT2D eigenvalue weighted by Crippen LogP contribution is -2.37. The third-order valence-corrected chi connectivity index (χ3v) is 4.96. The van der Waals surface area contributed by atoms with E-state index in [9.17, 15) is 0 Å². The monoisotopic (exact) mass is 391 g/mol. The number of rotatable bonds is 13. The fraction of sp³-hybridized carbons (Fsp3) is 0.407.